The average molecular weight is 833 g/mol. The van der Waals surface area contributed by atoms with E-state index in [0.717, 1.165) is 77.0 Å². The fourth-order valence-electron chi connectivity index (χ4n) is 6.28. The molecule has 0 aliphatic carbocycles. The van der Waals surface area contributed by atoms with Gasteiger partial charge in [0.15, 0.2) is 6.10 Å². The number of allylic oxidation sites excluding steroid dienone is 16. The number of unbranched alkanes of at least 4 members (excludes halogenated alkanes) is 20. The van der Waals surface area contributed by atoms with Gasteiger partial charge >= 0.3 is 17.9 Å². The first-order valence-electron chi connectivity index (χ1n) is 24.3. The van der Waals surface area contributed by atoms with Gasteiger partial charge in [-0.3, -0.25) is 14.4 Å². The fraction of sp³-hybridized carbons (Fsp3) is 0.648. The standard InChI is InChI=1S/C54H88O6/c1-4-7-10-13-16-19-22-25-27-30-32-35-38-41-44-47-53(56)59-50-51(49-58-52(55)46-43-40-37-34-31-28-24-21-18-15-12-9-6-3)60-54(57)48-45-42-39-36-33-29-26-23-20-17-14-11-8-5-2/h9,12,15-16,18-19,21-22,24-25,28-29,31,33-34,37,51H,4-8,10-11,13-14,17,20,23,26-27,30,32,35-36,38-50H2,1-3H3/b12-9-,18-15-,19-16-,24-21-,25-22-,31-28-,33-29-,37-34-. The molecule has 0 radical (unpaired) electrons. The number of rotatable bonds is 42. The molecule has 0 spiro atoms. The maximum absolute atomic E-state index is 12.8. The van der Waals surface area contributed by atoms with Gasteiger partial charge in [0.2, 0.25) is 0 Å². The molecule has 0 amide bonds. The van der Waals surface area contributed by atoms with Crippen LogP contribution in [0.4, 0.5) is 0 Å². The predicted octanol–water partition coefficient (Wildman–Crippen LogP) is 15.8. The van der Waals surface area contributed by atoms with Crippen molar-refractivity contribution in [2.45, 2.75) is 213 Å². The second-order valence-electron chi connectivity index (χ2n) is 15.8. The Hall–Kier alpha value is -3.67. The Morgan fingerprint density at radius 1 is 0.350 bits per heavy atom. The van der Waals surface area contributed by atoms with Crippen molar-refractivity contribution in [3.05, 3.63) is 97.2 Å². The lowest BCUT2D eigenvalue weighted by Gasteiger charge is -2.18. The van der Waals surface area contributed by atoms with Gasteiger partial charge in [-0.25, -0.2) is 0 Å². The van der Waals surface area contributed by atoms with E-state index in [0.29, 0.717) is 12.8 Å². The molecule has 60 heavy (non-hydrogen) atoms. The fourth-order valence-corrected chi connectivity index (χ4v) is 6.28. The SMILES string of the molecule is CC\C=C/C=C\C=C/C=C\C=C/CCCC(=O)OCC(COC(=O)CCCCCCCC/C=C\C=C/CCCCC)OC(=O)CCCCC/C=C\CCCCCCCCC. The molecular weight excluding hydrogens is 745 g/mol. The Morgan fingerprint density at radius 2 is 0.683 bits per heavy atom. The van der Waals surface area contributed by atoms with Gasteiger partial charge in [0.25, 0.3) is 0 Å². The minimum atomic E-state index is -0.818. The molecule has 0 bridgehead atoms. The summed E-state index contributed by atoms with van der Waals surface area (Å²) in [6.07, 6.45) is 62.5. The van der Waals surface area contributed by atoms with Gasteiger partial charge in [-0.05, 0) is 83.5 Å². The van der Waals surface area contributed by atoms with E-state index in [1.54, 1.807) is 0 Å². The summed E-state index contributed by atoms with van der Waals surface area (Å²) in [6.45, 7) is 6.35. The van der Waals surface area contributed by atoms with E-state index in [4.69, 9.17) is 14.2 Å². The van der Waals surface area contributed by atoms with Crippen LogP contribution >= 0.6 is 0 Å². The highest BCUT2D eigenvalue weighted by atomic mass is 16.6. The van der Waals surface area contributed by atoms with Crippen molar-refractivity contribution >= 4 is 17.9 Å². The summed E-state index contributed by atoms with van der Waals surface area (Å²) in [5.41, 5.74) is 0. The highest BCUT2D eigenvalue weighted by molar-refractivity contribution is 5.71. The van der Waals surface area contributed by atoms with Crippen molar-refractivity contribution in [1.82, 2.24) is 0 Å². The quantitative estimate of drug-likeness (QED) is 0.0200. The zero-order chi connectivity index (χ0) is 43.7. The molecule has 1 atom stereocenters. The van der Waals surface area contributed by atoms with Gasteiger partial charge in [0.1, 0.15) is 13.2 Å². The molecule has 0 aromatic heterocycles. The third-order valence-corrected chi connectivity index (χ3v) is 9.95. The van der Waals surface area contributed by atoms with Crippen molar-refractivity contribution in [3.8, 4) is 0 Å². The predicted molar refractivity (Wildman–Crippen MR) is 256 cm³/mol. The summed E-state index contributed by atoms with van der Waals surface area (Å²) in [5, 5.41) is 0. The summed E-state index contributed by atoms with van der Waals surface area (Å²) in [5.74, 6) is -1.02. The van der Waals surface area contributed by atoms with Crippen LogP contribution in [0, 0.1) is 0 Å². The molecule has 0 fully saturated rings. The van der Waals surface area contributed by atoms with Crippen LogP contribution in [0.25, 0.3) is 0 Å². The molecule has 0 N–H and O–H groups in total. The Morgan fingerprint density at radius 3 is 1.20 bits per heavy atom. The molecule has 6 nitrogen and oxygen atoms in total. The molecule has 0 aromatic rings. The monoisotopic (exact) mass is 833 g/mol. The van der Waals surface area contributed by atoms with E-state index in [1.165, 1.54) is 83.5 Å². The number of carbonyl (C=O) groups excluding carboxylic acids is 3. The third-order valence-electron chi connectivity index (χ3n) is 9.95. The third kappa shape index (κ3) is 45.4. The number of hydrogen-bond donors (Lipinski definition) is 0. The minimum absolute atomic E-state index is 0.114. The van der Waals surface area contributed by atoms with Gasteiger partial charge in [0, 0.05) is 19.3 Å². The Bertz CT molecular complexity index is 1230. The van der Waals surface area contributed by atoms with Crippen molar-refractivity contribution in [2.75, 3.05) is 13.2 Å². The van der Waals surface area contributed by atoms with Crippen LogP contribution in [0.2, 0.25) is 0 Å². The van der Waals surface area contributed by atoms with E-state index in [-0.39, 0.29) is 44.0 Å². The lowest BCUT2D eigenvalue weighted by molar-refractivity contribution is -0.167. The molecular formula is C54H88O6. The van der Waals surface area contributed by atoms with Crippen molar-refractivity contribution < 1.29 is 28.6 Å². The zero-order valence-electron chi connectivity index (χ0n) is 38.7. The molecule has 0 saturated heterocycles. The van der Waals surface area contributed by atoms with E-state index in [1.807, 2.05) is 54.7 Å². The molecule has 0 aliphatic heterocycles. The van der Waals surface area contributed by atoms with Gasteiger partial charge in [-0.1, -0.05) is 201 Å². The van der Waals surface area contributed by atoms with Crippen LogP contribution in [-0.4, -0.2) is 37.2 Å². The van der Waals surface area contributed by atoms with Crippen molar-refractivity contribution in [1.29, 1.82) is 0 Å². The maximum Gasteiger partial charge on any atom is 0.306 e. The number of carbonyl (C=O) groups is 3. The van der Waals surface area contributed by atoms with E-state index < -0.39 is 6.10 Å². The smallest absolute Gasteiger partial charge is 0.306 e. The summed E-state index contributed by atoms with van der Waals surface area (Å²) in [6, 6.07) is 0. The van der Waals surface area contributed by atoms with Gasteiger partial charge in [-0.2, -0.15) is 0 Å². The molecule has 0 rings (SSSR count). The van der Waals surface area contributed by atoms with Gasteiger partial charge in [0.05, 0.1) is 0 Å². The molecule has 6 heteroatoms. The lowest BCUT2D eigenvalue weighted by atomic mass is 10.1. The summed E-state index contributed by atoms with van der Waals surface area (Å²) in [4.78, 5) is 37.8. The normalized spacial score (nSPS) is 12.9. The Kier molecular flexibility index (Phi) is 45.1. The Balaban J connectivity index is 4.54. The summed E-state index contributed by atoms with van der Waals surface area (Å²) >= 11 is 0. The first-order chi connectivity index (χ1) is 29.5. The Labute approximate surface area is 368 Å². The molecule has 1 unspecified atom stereocenters. The van der Waals surface area contributed by atoms with E-state index in [9.17, 15) is 14.4 Å². The molecule has 0 aromatic carbocycles. The van der Waals surface area contributed by atoms with Crippen LogP contribution in [0.5, 0.6) is 0 Å². The average Bonchev–Trinajstić information content (AvgIpc) is 3.24. The second kappa shape index (κ2) is 48.0. The molecule has 340 valence electrons. The van der Waals surface area contributed by atoms with Crippen molar-refractivity contribution in [2.24, 2.45) is 0 Å². The highest BCUT2D eigenvalue weighted by Crippen LogP contribution is 2.13. The molecule has 0 heterocycles. The topological polar surface area (TPSA) is 78.9 Å². The van der Waals surface area contributed by atoms with Gasteiger partial charge < -0.3 is 14.2 Å². The van der Waals surface area contributed by atoms with E-state index in [2.05, 4.69) is 63.3 Å². The molecule has 0 saturated carbocycles. The zero-order valence-corrected chi connectivity index (χ0v) is 38.7. The van der Waals surface area contributed by atoms with Crippen LogP contribution < -0.4 is 0 Å². The van der Waals surface area contributed by atoms with Crippen molar-refractivity contribution in [3.63, 3.8) is 0 Å². The largest absolute Gasteiger partial charge is 0.462 e. The number of hydrogen-bond acceptors (Lipinski definition) is 6. The number of ether oxygens (including phenoxy) is 3. The molecule has 0 aliphatic rings. The minimum Gasteiger partial charge on any atom is -0.462 e. The first kappa shape index (κ1) is 56.3. The second-order valence-corrected chi connectivity index (χ2v) is 15.8. The van der Waals surface area contributed by atoms with Crippen LogP contribution in [0.3, 0.4) is 0 Å². The van der Waals surface area contributed by atoms with Gasteiger partial charge in [-0.15, -0.1) is 0 Å². The summed E-state index contributed by atoms with van der Waals surface area (Å²) < 4.78 is 16.7. The lowest BCUT2D eigenvalue weighted by Crippen LogP contribution is -2.30. The van der Waals surface area contributed by atoms with Crippen LogP contribution in [0.1, 0.15) is 207 Å². The first-order valence-corrected chi connectivity index (χ1v) is 24.3. The van der Waals surface area contributed by atoms with E-state index >= 15 is 0 Å². The highest BCUT2D eigenvalue weighted by Gasteiger charge is 2.19. The number of esters is 3. The van der Waals surface area contributed by atoms with Crippen LogP contribution in [0.15, 0.2) is 97.2 Å². The summed E-state index contributed by atoms with van der Waals surface area (Å²) in [7, 11) is 0. The van der Waals surface area contributed by atoms with Crippen LogP contribution in [-0.2, 0) is 28.6 Å². The maximum atomic E-state index is 12.8.